The molecule has 3 heteroatoms. The smallest absolute Gasteiger partial charge is 0.224 e. The Morgan fingerprint density at radius 3 is 2.62 bits per heavy atom. The molecule has 1 amide bonds. The molecule has 1 saturated carbocycles. The molecule has 0 radical (unpaired) electrons. The van der Waals surface area contributed by atoms with Crippen LogP contribution in [0.3, 0.4) is 0 Å². The van der Waals surface area contributed by atoms with Gasteiger partial charge in [0.05, 0.1) is 0 Å². The van der Waals surface area contributed by atoms with Crippen molar-refractivity contribution in [1.82, 2.24) is 10.2 Å². The van der Waals surface area contributed by atoms with E-state index in [1.807, 2.05) is 0 Å². The third kappa shape index (κ3) is 3.21. The van der Waals surface area contributed by atoms with Crippen molar-refractivity contribution >= 4 is 5.91 Å². The van der Waals surface area contributed by atoms with Crippen molar-refractivity contribution < 1.29 is 4.79 Å². The summed E-state index contributed by atoms with van der Waals surface area (Å²) in [6, 6.07) is 0.794. The van der Waals surface area contributed by atoms with Gasteiger partial charge in [-0.1, -0.05) is 0 Å². The maximum absolute atomic E-state index is 12.2. The first-order valence-corrected chi connectivity index (χ1v) is 6.69. The minimum Gasteiger partial charge on any atom is -0.340 e. The van der Waals surface area contributed by atoms with E-state index in [0.717, 1.165) is 19.0 Å². The maximum Gasteiger partial charge on any atom is 0.224 e. The molecule has 2 fully saturated rings. The van der Waals surface area contributed by atoms with Crippen LogP contribution in [0.15, 0.2) is 0 Å². The Morgan fingerprint density at radius 2 is 2.12 bits per heavy atom. The molecule has 1 unspecified atom stereocenters. The summed E-state index contributed by atoms with van der Waals surface area (Å²) in [5.41, 5.74) is 0. The first-order chi connectivity index (χ1) is 7.66. The fourth-order valence-electron chi connectivity index (χ4n) is 2.44. The normalized spacial score (nSPS) is 25.1. The molecule has 1 saturated heterocycles. The van der Waals surface area contributed by atoms with Gasteiger partial charge in [-0.2, -0.15) is 0 Å². The zero-order chi connectivity index (χ0) is 11.5. The Kier molecular flexibility index (Phi) is 3.85. The molecular weight excluding hydrogens is 200 g/mol. The van der Waals surface area contributed by atoms with E-state index in [-0.39, 0.29) is 0 Å². The van der Waals surface area contributed by atoms with E-state index in [4.69, 9.17) is 0 Å². The van der Waals surface area contributed by atoms with Crippen LogP contribution in [-0.4, -0.2) is 36.0 Å². The van der Waals surface area contributed by atoms with E-state index in [2.05, 4.69) is 24.1 Å². The molecule has 1 heterocycles. The molecule has 1 N–H and O–H groups in total. The van der Waals surface area contributed by atoms with Gasteiger partial charge in [0.1, 0.15) is 0 Å². The quantitative estimate of drug-likeness (QED) is 0.772. The molecule has 1 aliphatic heterocycles. The third-order valence-electron chi connectivity index (χ3n) is 3.68. The van der Waals surface area contributed by atoms with Gasteiger partial charge >= 0.3 is 0 Å². The van der Waals surface area contributed by atoms with Crippen LogP contribution in [0, 0.1) is 5.92 Å². The summed E-state index contributed by atoms with van der Waals surface area (Å²) in [6.45, 7) is 6.33. The predicted molar refractivity (Wildman–Crippen MR) is 65.2 cm³/mol. The number of carbonyl (C=O) groups is 1. The highest BCUT2D eigenvalue weighted by Gasteiger charge is 2.29. The van der Waals surface area contributed by atoms with Crippen molar-refractivity contribution in [3.05, 3.63) is 0 Å². The fourth-order valence-corrected chi connectivity index (χ4v) is 2.44. The van der Waals surface area contributed by atoms with Gasteiger partial charge < -0.3 is 10.2 Å². The zero-order valence-electron chi connectivity index (χ0n) is 10.5. The molecule has 92 valence electrons. The van der Waals surface area contributed by atoms with Crippen molar-refractivity contribution in [2.75, 3.05) is 13.1 Å². The summed E-state index contributed by atoms with van der Waals surface area (Å²) in [5, 5.41) is 3.40. The van der Waals surface area contributed by atoms with Crippen LogP contribution < -0.4 is 5.32 Å². The molecule has 16 heavy (non-hydrogen) atoms. The first kappa shape index (κ1) is 11.9. The third-order valence-corrected chi connectivity index (χ3v) is 3.68. The fraction of sp³-hybridized carbons (Fsp3) is 0.923. The lowest BCUT2D eigenvalue weighted by molar-refractivity contribution is -0.133. The second-order valence-corrected chi connectivity index (χ2v) is 5.58. The number of nitrogens with one attached hydrogen (secondary N) is 1. The van der Waals surface area contributed by atoms with Gasteiger partial charge in [-0.15, -0.1) is 0 Å². The number of amides is 1. The van der Waals surface area contributed by atoms with Crippen molar-refractivity contribution in [2.45, 2.75) is 58.0 Å². The van der Waals surface area contributed by atoms with Crippen LogP contribution in [0.5, 0.6) is 0 Å². The largest absolute Gasteiger partial charge is 0.340 e. The molecule has 0 spiro atoms. The number of hydrogen-bond acceptors (Lipinski definition) is 2. The maximum atomic E-state index is 12.2. The summed E-state index contributed by atoms with van der Waals surface area (Å²) in [5.74, 6) is 1.14. The Labute approximate surface area is 98.6 Å². The highest BCUT2D eigenvalue weighted by Crippen LogP contribution is 2.30. The average molecular weight is 224 g/mol. The minimum atomic E-state index is 0.348. The minimum absolute atomic E-state index is 0.348. The van der Waals surface area contributed by atoms with Gasteiger partial charge in [0.15, 0.2) is 0 Å². The Morgan fingerprint density at radius 1 is 1.38 bits per heavy atom. The molecule has 0 aromatic heterocycles. The Bertz CT molecular complexity index is 242. The monoisotopic (exact) mass is 224 g/mol. The number of nitrogens with zero attached hydrogens (tertiary/aromatic N) is 1. The first-order valence-electron chi connectivity index (χ1n) is 6.69. The van der Waals surface area contributed by atoms with Crippen molar-refractivity contribution in [3.8, 4) is 0 Å². The van der Waals surface area contributed by atoms with E-state index >= 15 is 0 Å². The Hall–Kier alpha value is -0.570. The van der Waals surface area contributed by atoms with E-state index in [1.165, 1.54) is 25.7 Å². The van der Waals surface area contributed by atoms with Gasteiger partial charge in [-0.25, -0.2) is 0 Å². The van der Waals surface area contributed by atoms with E-state index in [0.29, 0.717) is 24.4 Å². The van der Waals surface area contributed by atoms with E-state index in [9.17, 15) is 4.79 Å². The second-order valence-electron chi connectivity index (χ2n) is 5.58. The topological polar surface area (TPSA) is 32.3 Å². The van der Waals surface area contributed by atoms with Crippen LogP contribution >= 0.6 is 0 Å². The molecule has 2 aliphatic rings. The van der Waals surface area contributed by atoms with Gasteiger partial charge in [-0.3, -0.25) is 4.79 Å². The van der Waals surface area contributed by atoms with Crippen molar-refractivity contribution in [2.24, 2.45) is 5.92 Å². The van der Waals surface area contributed by atoms with Crippen LogP contribution in [0.2, 0.25) is 0 Å². The van der Waals surface area contributed by atoms with Crippen molar-refractivity contribution in [3.63, 3.8) is 0 Å². The van der Waals surface area contributed by atoms with Gasteiger partial charge in [0.25, 0.3) is 0 Å². The Balaban J connectivity index is 1.82. The van der Waals surface area contributed by atoms with Gasteiger partial charge in [0, 0.05) is 25.0 Å². The molecule has 2 rings (SSSR count). The average Bonchev–Trinajstić information content (AvgIpc) is 2.91. The number of rotatable bonds is 5. The van der Waals surface area contributed by atoms with Crippen LogP contribution in [0.25, 0.3) is 0 Å². The SMILES string of the molecule is CC(C)N(CC1CC1)C(=O)CC1CCCN1. The second kappa shape index (κ2) is 5.17. The van der Waals surface area contributed by atoms with Crippen LogP contribution in [-0.2, 0) is 4.79 Å². The summed E-state index contributed by atoms with van der Waals surface area (Å²) in [6.07, 6.45) is 5.73. The molecule has 1 atom stereocenters. The van der Waals surface area contributed by atoms with Gasteiger partial charge in [-0.05, 0) is 52.0 Å². The molecule has 1 aliphatic carbocycles. The summed E-state index contributed by atoms with van der Waals surface area (Å²) < 4.78 is 0. The van der Waals surface area contributed by atoms with E-state index < -0.39 is 0 Å². The molecule has 0 aromatic rings. The van der Waals surface area contributed by atoms with Crippen LogP contribution in [0.1, 0.15) is 46.0 Å². The lowest BCUT2D eigenvalue weighted by atomic mass is 10.1. The standard InChI is InChI=1S/C13H24N2O/c1-10(2)15(9-11-5-6-11)13(16)8-12-4-3-7-14-12/h10-12,14H,3-9H2,1-2H3. The summed E-state index contributed by atoms with van der Waals surface area (Å²) in [7, 11) is 0. The van der Waals surface area contributed by atoms with Crippen molar-refractivity contribution in [1.29, 1.82) is 0 Å². The summed E-state index contributed by atoms with van der Waals surface area (Å²) >= 11 is 0. The summed E-state index contributed by atoms with van der Waals surface area (Å²) in [4.78, 5) is 14.3. The van der Waals surface area contributed by atoms with Crippen LogP contribution in [0.4, 0.5) is 0 Å². The van der Waals surface area contributed by atoms with E-state index in [1.54, 1.807) is 0 Å². The highest BCUT2D eigenvalue weighted by molar-refractivity contribution is 5.77. The lowest BCUT2D eigenvalue weighted by Crippen LogP contribution is -2.41. The molecule has 0 aromatic carbocycles. The number of hydrogen-bond donors (Lipinski definition) is 1. The predicted octanol–water partition coefficient (Wildman–Crippen LogP) is 1.78. The van der Waals surface area contributed by atoms with Gasteiger partial charge in [0.2, 0.25) is 5.91 Å². The highest BCUT2D eigenvalue weighted by atomic mass is 16.2. The molecule has 3 nitrogen and oxygen atoms in total. The number of carbonyl (C=O) groups excluding carboxylic acids is 1. The molecular formula is C13H24N2O. The molecule has 0 bridgehead atoms. The zero-order valence-corrected chi connectivity index (χ0v) is 10.5. The lowest BCUT2D eigenvalue weighted by Gasteiger charge is -2.28.